The number of methoxy groups -OCH3 is 1. The summed E-state index contributed by atoms with van der Waals surface area (Å²) < 4.78 is 32.9. The topological polar surface area (TPSA) is 102 Å². The van der Waals surface area contributed by atoms with E-state index in [9.17, 15) is 9.18 Å². The van der Waals surface area contributed by atoms with E-state index in [4.69, 9.17) is 29.4 Å². The van der Waals surface area contributed by atoms with Crippen LogP contribution < -0.4 is 4.74 Å². The molecule has 0 radical (unpaired) electrons. The number of halogens is 1. The number of rotatable bonds is 9. The van der Waals surface area contributed by atoms with Crippen molar-refractivity contribution in [3.05, 3.63) is 88.6 Å². The number of carbonyl (C=O) groups is 1. The third-order valence-corrected chi connectivity index (χ3v) is 8.71. The van der Waals surface area contributed by atoms with Crippen LogP contribution in [0, 0.1) is 29.0 Å². The monoisotopic (exact) mass is 567 g/mol. The third-order valence-electron chi connectivity index (χ3n) is 8.71. The SMILES string of the molecule is COC(=O)c1ccc2nc(CN3C[C@@H]4C(c5cccc(OCc6ccc(C#N)cc6F)n5)[C@@H]4C3)n(CC3CCO3)c2c1. The molecule has 2 aromatic heterocycles. The van der Waals surface area contributed by atoms with Crippen molar-refractivity contribution >= 4 is 17.0 Å². The molecule has 0 amide bonds. The van der Waals surface area contributed by atoms with E-state index in [2.05, 4.69) is 9.47 Å². The van der Waals surface area contributed by atoms with Crippen LogP contribution >= 0.6 is 0 Å². The number of fused-ring (bicyclic) bond motifs is 2. The van der Waals surface area contributed by atoms with Gasteiger partial charge in [-0.05, 0) is 54.7 Å². The molecule has 0 bridgehead atoms. The molecule has 4 atom stereocenters. The summed E-state index contributed by atoms with van der Waals surface area (Å²) in [6.45, 7) is 4.17. The number of hydrogen-bond acceptors (Lipinski definition) is 8. The van der Waals surface area contributed by atoms with Crippen molar-refractivity contribution in [2.45, 2.75) is 38.1 Å². The van der Waals surface area contributed by atoms with Gasteiger partial charge in [-0.1, -0.05) is 12.1 Å². The predicted octanol–water partition coefficient (Wildman–Crippen LogP) is 4.44. The van der Waals surface area contributed by atoms with Crippen molar-refractivity contribution in [2.75, 3.05) is 26.8 Å². The van der Waals surface area contributed by atoms with E-state index < -0.39 is 5.82 Å². The number of aromatic nitrogens is 3. The summed E-state index contributed by atoms with van der Waals surface area (Å²) in [5.74, 6) is 2.03. The molecule has 2 unspecified atom stereocenters. The molecule has 2 aromatic carbocycles. The summed E-state index contributed by atoms with van der Waals surface area (Å²) in [6, 6.07) is 17.6. The fraction of sp³-hybridized carbons (Fsp3) is 0.375. The maximum absolute atomic E-state index is 14.3. The second-order valence-electron chi connectivity index (χ2n) is 11.3. The average molecular weight is 568 g/mol. The van der Waals surface area contributed by atoms with Crippen LogP contribution in [0.5, 0.6) is 5.88 Å². The van der Waals surface area contributed by atoms with E-state index in [0.717, 1.165) is 55.2 Å². The molecule has 4 heterocycles. The van der Waals surface area contributed by atoms with Crippen LogP contribution in [0.2, 0.25) is 0 Å². The number of likely N-dealkylation sites (tertiary alicyclic amines) is 1. The van der Waals surface area contributed by atoms with Crippen molar-refractivity contribution in [2.24, 2.45) is 11.8 Å². The Morgan fingerprint density at radius 3 is 2.69 bits per heavy atom. The Morgan fingerprint density at radius 1 is 1.14 bits per heavy atom. The van der Waals surface area contributed by atoms with Gasteiger partial charge in [0.25, 0.3) is 0 Å². The molecule has 0 N–H and O–H groups in total. The number of pyridine rings is 1. The van der Waals surface area contributed by atoms with Crippen LogP contribution in [0.4, 0.5) is 4.39 Å². The number of ether oxygens (including phenoxy) is 3. The fourth-order valence-electron chi connectivity index (χ4n) is 6.34. The molecule has 214 valence electrons. The highest BCUT2D eigenvalue weighted by atomic mass is 19.1. The minimum Gasteiger partial charge on any atom is -0.473 e. The molecule has 7 rings (SSSR count). The van der Waals surface area contributed by atoms with Crippen LogP contribution in [0.25, 0.3) is 11.0 Å². The van der Waals surface area contributed by atoms with Crippen molar-refractivity contribution < 1.29 is 23.4 Å². The average Bonchev–Trinajstić information content (AvgIpc) is 3.30. The van der Waals surface area contributed by atoms with Crippen molar-refractivity contribution in [1.29, 1.82) is 5.26 Å². The number of hydrogen-bond donors (Lipinski definition) is 0. The normalized spacial score (nSPS) is 22.8. The zero-order valence-electron chi connectivity index (χ0n) is 23.2. The van der Waals surface area contributed by atoms with E-state index in [1.807, 2.05) is 30.3 Å². The largest absolute Gasteiger partial charge is 0.473 e. The Morgan fingerprint density at radius 2 is 1.98 bits per heavy atom. The van der Waals surface area contributed by atoms with E-state index in [0.29, 0.717) is 41.3 Å². The Hall–Kier alpha value is -4.33. The van der Waals surface area contributed by atoms with E-state index in [1.165, 1.54) is 13.2 Å². The predicted molar refractivity (Wildman–Crippen MR) is 150 cm³/mol. The van der Waals surface area contributed by atoms with Gasteiger partial charge in [-0.2, -0.15) is 5.26 Å². The Balaban J connectivity index is 1.01. The number of piperidine rings is 1. The number of esters is 1. The highest BCUT2D eigenvalue weighted by Crippen LogP contribution is 2.58. The second kappa shape index (κ2) is 10.8. The highest BCUT2D eigenvalue weighted by molar-refractivity contribution is 5.93. The van der Waals surface area contributed by atoms with Crippen LogP contribution in [0.1, 0.15) is 45.3 Å². The summed E-state index contributed by atoms with van der Waals surface area (Å²) in [5, 5.41) is 8.94. The molecular formula is C32H30FN5O4. The number of carbonyl (C=O) groups excluding carboxylic acids is 1. The molecule has 42 heavy (non-hydrogen) atoms. The molecule has 1 saturated carbocycles. The Labute approximate surface area is 242 Å². The lowest BCUT2D eigenvalue weighted by atomic mass is 10.1. The smallest absolute Gasteiger partial charge is 0.337 e. The number of benzene rings is 2. The standard InChI is InChI=1S/C32H30FN5O4/c1-40-32(39)20-7-8-26-28(12-20)38(14-22-9-10-41-22)29(35-26)17-37-15-23-24(16-37)31(23)27-3-2-4-30(36-27)42-18-21-6-5-19(13-34)11-25(21)33/h2-8,11-12,22-24,31H,9-10,14-18H2,1H3/t22?,23-,24+,31?. The van der Waals surface area contributed by atoms with Crippen LogP contribution in [-0.2, 0) is 29.2 Å². The molecule has 3 fully saturated rings. The van der Waals surface area contributed by atoms with Crippen molar-refractivity contribution in [3.63, 3.8) is 0 Å². The van der Waals surface area contributed by atoms with Gasteiger partial charge in [0.05, 0.1) is 54.5 Å². The van der Waals surface area contributed by atoms with E-state index in [1.54, 1.807) is 24.3 Å². The van der Waals surface area contributed by atoms with Gasteiger partial charge >= 0.3 is 5.97 Å². The first-order valence-corrected chi connectivity index (χ1v) is 14.2. The molecule has 4 aromatic rings. The fourth-order valence-corrected chi connectivity index (χ4v) is 6.34. The van der Waals surface area contributed by atoms with Gasteiger partial charge < -0.3 is 18.8 Å². The first-order chi connectivity index (χ1) is 20.5. The lowest BCUT2D eigenvalue weighted by Gasteiger charge is -2.28. The summed E-state index contributed by atoms with van der Waals surface area (Å²) >= 11 is 0. The quantitative estimate of drug-likeness (QED) is 0.274. The van der Waals surface area contributed by atoms with Gasteiger partial charge in [0.15, 0.2) is 0 Å². The first-order valence-electron chi connectivity index (χ1n) is 14.2. The van der Waals surface area contributed by atoms with Gasteiger partial charge in [-0.15, -0.1) is 0 Å². The molecular weight excluding hydrogens is 537 g/mol. The minimum absolute atomic E-state index is 0.0489. The Kier molecular flexibility index (Phi) is 6.84. The first kappa shape index (κ1) is 26.6. The Bertz CT molecular complexity index is 1700. The van der Waals surface area contributed by atoms with E-state index >= 15 is 0 Å². The molecule has 0 spiro atoms. The lowest BCUT2D eigenvalue weighted by molar-refractivity contribution is -0.0591. The van der Waals surface area contributed by atoms with Crippen LogP contribution in [0.3, 0.4) is 0 Å². The van der Waals surface area contributed by atoms with Gasteiger partial charge in [0.2, 0.25) is 5.88 Å². The number of nitriles is 1. The van der Waals surface area contributed by atoms with Gasteiger partial charge in [0.1, 0.15) is 18.2 Å². The maximum atomic E-state index is 14.3. The summed E-state index contributed by atoms with van der Waals surface area (Å²) in [5.41, 5.74) is 3.97. The van der Waals surface area contributed by atoms with Gasteiger partial charge in [-0.25, -0.2) is 19.2 Å². The zero-order valence-corrected chi connectivity index (χ0v) is 23.2. The number of imidazole rings is 1. The van der Waals surface area contributed by atoms with Crippen LogP contribution in [0.15, 0.2) is 54.6 Å². The number of nitrogens with zero attached hydrogens (tertiary/aromatic N) is 5. The van der Waals surface area contributed by atoms with Gasteiger partial charge in [-0.3, -0.25) is 4.90 Å². The highest BCUT2D eigenvalue weighted by Gasteiger charge is 2.57. The molecule has 10 heteroatoms. The summed E-state index contributed by atoms with van der Waals surface area (Å²) in [7, 11) is 1.39. The van der Waals surface area contributed by atoms with E-state index in [-0.39, 0.29) is 24.2 Å². The summed E-state index contributed by atoms with van der Waals surface area (Å²) in [4.78, 5) is 24.3. The zero-order chi connectivity index (χ0) is 28.8. The van der Waals surface area contributed by atoms with Crippen LogP contribution in [-0.4, -0.2) is 58.3 Å². The van der Waals surface area contributed by atoms with Gasteiger partial charge in [0, 0.05) is 42.9 Å². The molecule has 2 aliphatic heterocycles. The van der Waals surface area contributed by atoms with Crippen molar-refractivity contribution in [1.82, 2.24) is 19.4 Å². The molecule has 1 aliphatic carbocycles. The second-order valence-corrected chi connectivity index (χ2v) is 11.3. The summed E-state index contributed by atoms with van der Waals surface area (Å²) in [6.07, 6.45) is 1.18. The molecule has 9 nitrogen and oxygen atoms in total. The maximum Gasteiger partial charge on any atom is 0.337 e. The lowest BCUT2D eigenvalue weighted by Crippen LogP contribution is -2.33. The molecule has 3 aliphatic rings. The molecule has 2 saturated heterocycles. The van der Waals surface area contributed by atoms with Crippen molar-refractivity contribution in [3.8, 4) is 11.9 Å². The third kappa shape index (κ3) is 4.99. The minimum atomic E-state index is -0.459.